The van der Waals surface area contributed by atoms with Crippen LogP contribution in [0.15, 0.2) is 54.7 Å². The van der Waals surface area contributed by atoms with Crippen molar-refractivity contribution in [3.8, 4) is 0 Å². The van der Waals surface area contributed by atoms with E-state index in [1.165, 1.54) is 0 Å². The molecule has 170 valence electrons. The molecule has 8 heteroatoms. The molecule has 0 radical (unpaired) electrons. The number of nitrogens with one attached hydrogen (secondary N) is 3. The van der Waals surface area contributed by atoms with E-state index in [1.807, 2.05) is 31.2 Å². The zero-order valence-electron chi connectivity index (χ0n) is 17.8. The molecule has 32 heavy (non-hydrogen) atoms. The standard InChI is InChI=1S/C24H27ClIN3O3/c1-16-13-18(26)5-7-20(16)29-21-6-4-17(25)14-19(21)23(32)28-15-24(8-11-30,9-12-31)22-3-2-10-27-22/h2-7,10,13-14,27,29-31H,8-9,11-12,15H2,1H3,(H,28,32). The van der Waals surface area contributed by atoms with Crippen LogP contribution >= 0.6 is 34.2 Å². The normalized spacial score (nSPS) is 11.4. The number of hydrogen-bond acceptors (Lipinski definition) is 4. The number of benzene rings is 2. The van der Waals surface area contributed by atoms with Crippen LogP contribution in [-0.2, 0) is 5.41 Å². The largest absolute Gasteiger partial charge is 0.396 e. The van der Waals surface area contributed by atoms with Gasteiger partial charge in [-0.25, -0.2) is 0 Å². The summed E-state index contributed by atoms with van der Waals surface area (Å²) in [6.45, 7) is 2.13. The number of aliphatic hydroxyl groups is 2. The monoisotopic (exact) mass is 567 g/mol. The maximum atomic E-state index is 13.2. The molecule has 0 aliphatic carbocycles. The molecule has 2 aromatic carbocycles. The smallest absolute Gasteiger partial charge is 0.253 e. The van der Waals surface area contributed by atoms with Crippen molar-refractivity contribution in [2.45, 2.75) is 25.2 Å². The first kappa shape index (κ1) is 24.6. The molecule has 0 bridgehead atoms. The highest BCUT2D eigenvalue weighted by molar-refractivity contribution is 14.1. The van der Waals surface area contributed by atoms with E-state index in [0.29, 0.717) is 29.1 Å². The fourth-order valence-electron chi connectivity index (χ4n) is 3.83. The molecule has 3 rings (SSSR count). The van der Waals surface area contributed by atoms with Gasteiger partial charge in [0.15, 0.2) is 0 Å². The van der Waals surface area contributed by atoms with Gasteiger partial charge in [0.1, 0.15) is 0 Å². The number of aromatic nitrogens is 1. The lowest BCUT2D eigenvalue weighted by atomic mass is 9.78. The molecule has 0 saturated heterocycles. The summed E-state index contributed by atoms with van der Waals surface area (Å²) in [6.07, 6.45) is 2.59. The Hall–Kier alpha value is -2.07. The molecule has 6 nitrogen and oxygen atoms in total. The number of carbonyl (C=O) groups is 1. The highest BCUT2D eigenvalue weighted by Crippen LogP contribution is 2.31. The average molecular weight is 568 g/mol. The van der Waals surface area contributed by atoms with Gasteiger partial charge in [-0.1, -0.05) is 11.6 Å². The van der Waals surface area contributed by atoms with E-state index in [9.17, 15) is 15.0 Å². The van der Waals surface area contributed by atoms with Crippen LogP contribution in [0.1, 0.15) is 34.5 Å². The predicted molar refractivity (Wildman–Crippen MR) is 137 cm³/mol. The Morgan fingerprint density at radius 2 is 1.81 bits per heavy atom. The Morgan fingerprint density at radius 1 is 1.09 bits per heavy atom. The second kappa shape index (κ2) is 11.2. The van der Waals surface area contributed by atoms with Crippen molar-refractivity contribution in [1.29, 1.82) is 0 Å². The zero-order chi connectivity index (χ0) is 23.1. The second-order valence-corrected chi connectivity index (χ2v) is 9.45. The van der Waals surface area contributed by atoms with E-state index in [2.05, 4.69) is 44.3 Å². The molecule has 0 aliphatic heterocycles. The summed E-state index contributed by atoms with van der Waals surface area (Å²) in [7, 11) is 0. The Balaban J connectivity index is 1.86. The Morgan fingerprint density at radius 3 is 2.44 bits per heavy atom. The molecule has 1 amide bonds. The number of aliphatic hydroxyl groups excluding tert-OH is 2. The summed E-state index contributed by atoms with van der Waals surface area (Å²) in [5.41, 5.74) is 3.29. The van der Waals surface area contributed by atoms with Gasteiger partial charge in [0, 0.05) is 51.3 Å². The van der Waals surface area contributed by atoms with Gasteiger partial charge in [0.25, 0.3) is 5.91 Å². The van der Waals surface area contributed by atoms with Crippen molar-refractivity contribution in [1.82, 2.24) is 10.3 Å². The Labute approximate surface area is 206 Å². The number of carbonyl (C=O) groups excluding carboxylic acids is 1. The number of anilines is 2. The van der Waals surface area contributed by atoms with Crippen LogP contribution in [-0.4, -0.2) is 40.9 Å². The molecule has 0 atom stereocenters. The molecule has 0 aliphatic rings. The molecule has 5 N–H and O–H groups in total. The minimum Gasteiger partial charge on any atom is -0.396 e. The van der Waals surface area contributed by atoms with E-state index in [0.717, 1.165) is 20.5 Å². The molecule has 1 aromatic heterocycles. The topological polar surface area (TPSA) is 97.4 Å². The molecular formula is C24H27ClIN3O3. The summed E-state index contributed by atoms with van der Waals surface area (Å²) in [5, 5.41) is 26.1. The van der Waals surface area contributed by atoms with Gasteiger partial charge in [-0.3, -0.25) is 4.79 Å². The number of aromatic amines is 1. The summed E-state index contributed by atoms with van der Waals surface area (Å²) >= 11 is 8.47. The van der Waals surface area contributed by atoms with Gasteiger partial charge in [-0.05, 0) is 96.5 Å². The van der Waals surface area contributed by atoms with Crippen LogP contribution in [0.3, 0.4) is 0 Å². The molecule has 0 unspecified atom stereocenters. The SMILES string of the molecule is Cc1cc(I)ccc1Nc1ccc(Cl)cc1C(=O)NCC(CCO)(CCO)c1ccc[nH]1. The first-order valence-electron chi connectivity index (χ1n) is 10.3. The van der Waals surface area contributed by atoms with Gasteiger partial charge in [-0.2, -0.15) is 0 Å². The van der Waals surface area contributed by atoms with Crippen LogP contribution in [0.5, 0.6) is 0 Å². The first-order valence-corrected chi connectivity index (χ1v) is 11.8. The second-order valence-electron chi connectivity index (χ2n) is 7.77. The van der Waals surface area contributed by atoms with Crippen molar-refractivity contribution < 1.29 is 15.0 Å². The molecule has 0 fully saturated rings. The van der Waals surface area contributed by atoms with Crippen molar-refractivity contribution in [3.05, 3.63) is 80.1 Å². The third kappa shape index (κ3) is 5.83. The fourth-order valence-corrected chi connectivity index (χ4v) is 4.64. The summed E-state index contributed by atoms with van der Waals surface area (Å²) < 4.78 is 1.13. The lowest BCUT2D eigenvalue weighted by molar-refractivity contribution is 0.0930. The third-order valence-corrected chi connectivity index (χ3v) is 6.53. The Bertz CT molecular complexity index is 1050. The van der Waals surface area contributed by atoms with Crippen LogP contribution in [0.25, 0.3) is 0 Å². The highest BCUT2D eigenvalue weighted by atomic mass is 127. The minimum atomic E-state index is -0.610. The lowest BCUT2D eigenvalue weighted by Gasteiger charge is -2.32. The van der Waals surface area contributed by atoms with Gasteiger partial charge < -0.3 is 25.8 Å². The Kier molecular flexibility index (Phi) is 8.58. The maximum absolute atomic E-state index is 13.2. The van der Waals surface area contributed by atoms with Crippen LogP contribution in [0, 0.1) is 10.5 Å². The van der Waals surface area contributed by atoms with E-state index < -0.39 is 5.41 Å². The molecule has 0 spiro atoms. The molecule has 3 aromatic rings. The van der Waals surface area contributed by atoms with E-state index in [-0.39, 0.29) is 25.7 Å². The lowest BCUT2D eigenvalue weighted by Crippen LogP contribution is -2.42. The van der Waals surface area contributed by atoms with E-state index in [1.54, 1.807) is 24.4 Å². The number of amides is 1. The van der Waals surface area contributed by atoms with Crippen molar-refractivity contribution in [2.75, 3.05) is 25.1 Å². The van der Waals surface area contributed by atoms with Crippen LogP contribution in [0.4, 0.5) is 11.4 Å². The predicted octanol–water partition coefficient (Wildman–Crippen LogP) is 4.76. The van der Waals surface area contributed by atoms with Crippen molar-refractivity contribution >= 4 is 51.5 Å². The number of rotatable bonds is 10. The van der Waals surface area contributed by atoms with Gasteiger partial charge in [0.2, 0.25) is 0 Å². The van der Waals surface area contributed by atoms with E-state index >= 15 is 0 Å². The number of aryl methyl sites for hydroxylation is 1. The maximum Gasteiger partial charge on any atom is 0.253 e. The van der Waals surface area contributed by atoms with Gasteiger partial charge in [-0.15, -0.1) is 0 Å². The van der Waals surface area contributed by atoms with Crippen molar-refractivity contribution in [2.24, 2.45) is 0 Å². The van der Waals surface area contributed by atoms with Gasteiger partial charge in [0.05, 0.1) is 11.3 Å². The molecule has 1 heterocycles. The summed E-state index contributed by atoms with van der Waals surface area (Å²) in [4.78, 5) is 16.4. The molecular weight excluding hydrogens is 541 g/mol. The average Bonchev–Trinajstić information content (AvgIpc) is 3.31. The van der Waals surface area contributed by atoms with Crippen LogP contribution in [0.2, 0.25) is 5.02 Å². The number of hydrogen-bond donors (Lipinski definition) is 5. The number of halogens is 2. The molecule has 0 saturated carbocycles. The van der Waals surface area contributed by atoms with E-state index in [4.69, 9.17) is 11.6 Å². The minimum absolute atomic E-state index is 0.0645. The zero-order valence-corrected chi connectivity index (χ0v) is 20.7. The summed E-state index contributed by atoms with van der Waals surface area (Å²) in [6, 6.07) is 15.0. The third-order valence-electron chi connectivity index (χ3n) is 5.62. The van der Waals surface area contributed by atoms with Crippen molar-refractivity contribution in [3.63, 3.8) is 0 Å². The summed E-state index contributed by atoms with van der Waals surface area (Å²) in [5.74, 6) is -0.287. The quantitative estimate of drug-likeness (QED) is 0.228. The number of H-pyrrole nitrogens is 1. The highest BCUT2D eigenvalue weighted by Gasteiger charge is 2.33. The van der Waals surface area contributed by atoms with Gasteiger partial charge >= 0.3 is 0 Å². The van der Waals surface area contributed by atoms with Crippen LogP contribution < -0.4 is 10.6 Å². The fraction of sp³-hybridized carbons (Fsp3) is 0.292. The first-order chi connectivity index (χ1) is 15.4.